The Morgan fingerprint density at radius 3 is 2.67 bits per heavy atom. The van der Waals surface area contributed by atoms with Crippen molar-refractivity contribution in [2.24, 2.45) is 0 Å². The molecule has 7 nitrogen and oxygen atoms in total. The summed E-state index contributed by atoms with van der Waals surface area (Å²) in [6.07, 6.45) is 1.95. The number of para-hydroxylation sites is 1. The second-order valence-electron chi connectivity index (χ2n) is 6.81. The van der Waals surface area contributed by atoms with Gasteiger partial charge in [0.15, 0.2) is 0 Å². The molecular weight excluding hydrogens is 366 g/mol. The topological polar surface area (TPSA) is 89.5 Å². The highest BCUT2D eigenvalue weighted by molar-refractivity contribution is 7.19. The number of nitrogens with zero attached hydrogens (tertiary/aromatic N) is 1. The molecule has 1 heterocycles. The van der Waals surface area contributed by atoms with Crippen molar-refractivity contribution in [3.05, 3.63) is 30.5 Å². The molecule has 2 aromatic rings. The Balaban J connectivity index is 1.78. The fourth-order valence-corrected chi connectivity index (χ4v) is 3.09. The highest BCUT2D eigenvalue weighted by Crippen LogP contribution is 2.34. The van der Waals surface area contributed by atoms with Crippen LogP contribution in [-0.2, 0) is 9.53 Å². The average molecular weight is 391 g/mol. The van der Waals surface area contributed by atoms with Crippen LogP contribution in [0.25, 0.3) is 10.6 Å². The third kappa shape index (κ3) is 6.90. The Morgan fingerprint density at radius 2 is 1.96 bits per heavy atom. The molecule has 0 atom stereocenters. The maximum absolute atomic E-state index is 12.1. The average Bonchev–Trinajstić information content (AvgIpc) is 3.05. The number of methoxy groups -OCH3 is 1. The molecule has 27 heavy (non-hydrogen) atoms. The van der Waals surface area contributed by atoms with Gasteiger partial charge in [-0.2, -0.15) is 0 Å². The molecule has 0 spiro atoms. The van der Waals surface area contributed by atoms with E-state index in [1.807, 2.05) is 24.3 Å². The Labute approximate surface area is 163 Å². The second-order valence-corrected chi connectivity index (χ2v) is 7.84. The van der Waals surface area contributed by atoms with Gasteiger partial charge in [-0.25, -0.2) is 9.78 Å². The Hall–Kier alpha value is -2.61. The Bertz CT molecular complexity index is 783. The van der Waals surface area contributed by atoms with Crippen LogP contribution in [0.1, 0.15) is 33.6 Å². The van der Waals surface area contributed by atoms with Crippen LogP contribution in [-0.4, -0.2) is 36.2 Å². The van der Waals surface area contributed by atoms with Gasteiger partial charge in [0.05, 0.1) is 18.9 Å². The molecule has 0 unspecified atom stereocenters. The molecule has 146 valence electrons. The van der Waals surface area contributed by atoms with Crippen LogP contribution in [0.4, 0.5) is 9.80 Å². The van der Waals surface area contributed by atoms with Gasteiger partial charge in [0.1, 0.15) is 21.4 Å². The molecule has 0 aliphatic carbocycles. The first-order chi connectivity index (χ1) is 12.8. The summed E-state index contributed by atoms with van der Waals surface area (Å²) in [5, 5.41) is 6.90. The third-order valence-electron chi connectivity index (χ3n) is 3.35. The van der Waals surface area contributed by atoms with Crippen LogP contribution in [0, 0.1) is 0 Å². The molecule has 1 aromatic carbocycles. The van der Waals surface area contributed by atoms with Gasteiger partial charge in [0, 0.05) is 13.0 Å². The number of amides is 2. The van der Waals surface area contributed by atoms with Crippen molar-refractivity contribution in [2.75, 3.05) is 19.0 Å². The van der Waals surface area contributed by atoms with Crippen molar-refractivity contribution < 1.29 is 19.1 Å². The molecule has 0 radical (unpaired) electrons. The third-order valence-corrected chi connectivity index (χ3v) is 4.30. The number of aromatic nitrogens is 1. The number of nitrogens with one attached hydrogen (secondary N) is 2. The number of anilines is 1. The zero-order valence-electron chi connectivity index (χ0n) is 16.0. The minimum Gasteiger partial charge on any atom is -0.496 e. The van der Waals surface area contributed by atoms with Gasteiger partial charge in [-0.3, -0.25) is 4.79 Å². The molecular formula is C19H25N3O4S. The minimum absolute atomic E-state index is 0.129. The second kappa shape index (κ2) is 9.36. The molecule has 0 fully saturated rings. The number of rotatable bonds is 7. The van der Waals surface area contributed by atoms with Crippen molar-refractivity contribution in [3.8, 4) is 16.3 Å². The summed E-state index contributed by atoms with van der Waals surface area (Å²) >= 11 is 1.38. The smallest absolute Gasteiger partial charge is 0.407 e. The number of alkyl carbamates (subject to hydrolysis) is 1. The van der Waals surface area contributed by atoms with Gasteiger partial charge in [-0.05, 0) is 39.3 Å². The maximum atomic E-state index is 12.1. The molecule has 0 bridgehead atoms. The first-order valence-electron chi connectivity index (χ1n) is 8.64. The van der Waals surface area contributed by atoms with Gasteiger partial charge >= 0.3 is 6.09 Å². The van der Waals surface area contributed by atoms with Crippen molar-refractivity contribution in [1.29, 1.82) is 0 Å². The fraction of sp³-hybridized carbons (Fsp3) is 0.421. The molecule has 8 heteroatoms. The van der Waals surface area contributed by atoms with Crippen molar-refractivity contribution in [3.63, 3.8) is 0 Å². The lowest BCUT2D eigenvalue weighted by Crippen LogP contribution is -2.33. The fourth-order valence-electron chi connectivity index (χ4n) is 2.23. The summed E-state index contributed by atoms with van der Waals surface area (Å²) in [6, 6.07) is 7.59. The molecule has 0 aliphatic heterocycles. The first kappa shape index (κ1) is 20.7. The number of carbonyl (C=O) groups is 2. The number of benzene rings is 1. The SMILES string of the molecule is COc1ccccc1-c1ncc(NC(=O)CCCNC(=O)OC(C)(C)C)s1. The summed E-state index contributed by atoms with van der Waals surface area (Å²) in [5.41, 5.74) is 0.347. The number of hydrogen-bond donors (Lipinski definition) is 2. The van der Waals surface area contributed by atoms with Gasteiger partial charge in [-0.1, -0.05) is 23.5 Å². The lowest BCUT2D eigenvalue weighted by Gasteiger charge is -2.19. The van der Waals surface area contributed by atoms with Crippen LogP contribution < -0.4 is 15.4 Å². The van der Waals surface area contributed by atoms with Gasteiger partial charge in [0.2, 0.25) is 5.91 Å². The number of ether oxygens (including phenoxy) is 2. The van der Waals surface area contributed by atoms with E-state index in [4.69, 9.17) is 9.47 Å². The summed E-state index contributed by atoms with van der Waals surface area (Å²) < 4.78 is 10.5. The summed E-state index contributed by atoms with van der Waals surface area (Å²) in [4.78, 5) is 27.9. The molecule has 0 saturated carbocycles. The molecule has 2 amide bonds. The largest absolute Gasteiger partial charge is 0.496 e. The summed E-state index contributed by atoms with van der Waals surface area (Å²) in [7, 11) is 1.61. The monoisotopic (exact) mass is 391 g/mol. The standard InChI is InChI=1S/C19H25N3O4S/c1-19(2,3)26-18(24)20-11-7-10-15(23)22-16-12-21-17(27-16)13-8-5-6-9-14(13)25-4/h5-6,8-9,12H,7,10-11H2,1-4H3,(H,20,24)(H,22,23). The van der Waals surface area contributed by atoms with Crippen LogP contribution in [0.5, 0.6) is 5.75 Å². The molecule has 1 aromatic heterocycles. The van der Waals surface area contributed by atoms with E-state index in [1.165, 1.54) is 11.3 Å². The molecule has 2 rings (SSSR count). The van der Waals surface area contributed by atoms with Gasteiger partial charge < -0.3 is 20.1 Å². The number of hydrogen-bond acceptors (Lipinski definition) is 6. The normalized spacial score (nSPS) is 11.0. The molecule has 0 aliphatic rings. The zero-order chi connectivity index (χ0) is 19.9. The van der Waals surface area contributed by atoms with Gasteiger partial charge in [-0.15, -0.1) is 0 Å². The van der Waals surface area contributed by atoms with Gasteiger partial charge in [0.25, 0.3) is 0 Å². The summed E-state index contributed by atoms with van der Waals surface area (Å²) in [5.74, 6) is 0.606. The molecule has 2 N–H and O–H groups in total. The maximum Gasteiger partial charge on any atom is 0.407 e. The van der Waals surface area contributed by atoms with E-state index in [0.29, 0.717) is 18.0 Å². The van der Waals surface area contributed by atoms with Crippen molar-refractivity contribution in [1.82, 2.24) is 10.3 Å². The quantitative estimate of drug-likeness (QED) is 0.695. The predicted octanol–water partition coefficient (Wildman–Crippen LogP) is 4.06. The highest BCUT2D eigenvalue weighted by atomic mass is 32.1. The lowest BCUT2D eigenvalue weighted by atomic mass is 10.2. The van der Waals surface area contributed by atoms with Crippen molar-refractivity contribution in [2.45, 2.75) is 39.2 Å². The van der Waals surface area contributed by atoms with Crippen LogP contribution in [0.15, 0.2) is 30.5 Å². The van der Waals surface area contributed by atoms with E-state index in [-0.39, 0.29) is 12.3 Å². The van der Waals surface area contributed by atoms with Crippen molar-refractivity contribution >= 4 is 28.3 Å². The Morgan fingerprint density at radius 1 is 1.22 bits per heavy atom. The van der Waals surface area contributed by atoms with E-state index in [2.05, 4.69) is 15.6 Å². The van der Waals surface area contributed by atoms with Crippen LogP contribution in [0.3, 0.4) is 0 Å². The number of carbonyl (C=O) groups excluding carboxylic acids is 2. The van der Waals surface area contributed by atoms with E-state index in [0.717, 1.165) is 16.3 Å². The zero-order valence-corrected chi connectivity index (χ0v) is 16.8. The first-order valence-corrected chi connectivity index (χ1v) is 9.46. The highest BCUT2D eigenvalue weighted by Gasteiger charge is 2.16. The van der Waals surface area contributed by atoms with Crippen LogP contribution >= 0.6 is 11.3 Å². The van der Waals surface area contributed by atoms with E-state index in [1.54, 1.807) is 34.1 Å². The summed E-state index contributed by atoms with van der Waals surface area (Å²) in [6.45, 7) is 5.77. The lowest BCUT2D eigenvalue weighted by molar-refractivity contribution is -0.116. The Kier molecular flexibility index (Phi) is 7.18. The molecule has 0 saturated heterocycles. The number of thiazole rings is 1. The predicted molar refractivity (Wildman–Crippen MR) is 106 cm³/mol. The van der Waals surface area contributed by atoms with E-state index < -0.39 is 11.7 Å². The van der Waals surface area contributed by atoms with E-state index in [9.17, 15) is 9.59 Å². The van der Waals surface area contributed by atoms with Crippen LogP contribution in [0.2, 0.25) is 0 Å². The van der Waals surface area contributed by atoms with E-state index >= 15 is 0 Å². The minimum atomic E-state index is -0.535.